The van der Waals surface area contributed by atoms with E-state index < -0.39 is 6.09 Å². The molecule has 3 aromatic rings. The molecule has 0 aliphatic heterocycles. The van der Waals surface area contributed by atoms with Gasteiger partial charge in [0.05, 0.1) is 6.61 Å². The molecule has 0 unspecified atom stereocenters. The number of nitrogens with one attached hydrogen (secondary N) is 2. The van der Waals surface area contributed by atoms with Crippen LogP contribution in [0.2, 0.25) is 0 Å². The molecule has 0 saturated heterocycles. The molecule has 144 valence electrons. The Bertz CT molecular complexity index is 999. The maximum atomic E-state index is 12.8. The van der Waals surface area contributed by atoms with Crippen molar-refractivity contribution >= 4 is 33.5 Å². The minimum atomic E-state index is -0.581. The summed E-state index contributed by atoms with van der Waals surface area (Å²) in [6.07, 6.45) is -0.581. The number of hydrogen-bond donors (Lipinski definition) is 2. The van der Waals surface area contributed by atoms with Crippen LogP contribution in [-0.2, 0) is 4.74 Å². The number of benzene rings is 2. The van der Waals surface area contributed by atoms with Gasteiger partial charge in [-0.05, 0) is 44.0 Å². The van der Waals surface area contributed by atoms with E-state index in [1.165, 1.54) is 11.3 Å². The number of carbonyl (C=O) groups excluding carboxylic acids is 2. The second-order valence-electron chi connectivity index (χ2n) is 6.16. The molecule has 28 heavy (non-hydrogen) atoms. The molecule has 6 nitrogen and oxygen atoms in total. The van der Waals surface area contributed by atoms with Gasteiger partial charge >= 0.3 is 6.09 Å². The highest BCUT2D eigenvalue weighted by molar-refractivity contribution is 7.20. The number of anilines is 2. The fourth-order valence-corrected chi connectivity index (χ4v) is 3.43. The van der Waals surface area contributed by atoms with Crippen LogP contribution in [-0.4, -0.2) is 23.6 Å². The van der Waals surface area contributed by atoms with Crippen LogP contribution in [0, 0.1) is 13.8 Å². The van der Waals surface area contributed by atoms with Crippen molar-refractivity contribution in [1.82, 2.24) is 4.98 Å². The molecule has 0 fully saturated rings. The molecular formula is C21H21N3O3S. The van der Waals surface area contributed by atoms with Crippen LogP contribution in [0.1, 0.15) is 28.4 Å². The van der Waals surface area contributed by atoms with Gasteiger partial charge in [0, 0.05) is 11.1 Å². The standard InChI is InChI=1S/C21H21N3O3S/c1-4-27-21(26)24-20-22-17(15-8-6-5-7-9-15)19(28-20)23-18(25)16-11-10-13(2)14(3)12-16/h5-12H,4H2,1-3H3,(H,23,25)(H,22,24,26). The van der Waals surface area contributed by atoms with E-state index in [-0.39, 0.29) is 12.5 Å². The van der Waals surface area contributed by atoms with Crippen LogP contribution in [0.4, 0.5) is 14.9 Å². The number of thiazole rings is 1. The van der Waals surface area contributed by atoms with E-state index in [1.54, 1.807) is 13.0 Å². The van der Waals surface area contributed by atoms with Crippen molar-refractivity contribution in [2.75, 3.05) is 17.2 Å². The van der Waals surface area contributed by atoms with Gasteiger partial charge in [-0.3, -0.25) is 10.1 Å². The lowest BCUT2D eigenvalue weighted by Crippen LogP contribution is -2.12. The molecule has 2 amide bonds. The summed E-state index contributed by atoms with van der Waals surface area (Å²) in [5.74, 6) is -0.230. The van der Waals surface area contributed by atoms with E-state index in [0.29, 0.717) is 21.4 Å². The number of nitrogens with zero attached hydrogens (tertiary/aromatic N) is 1. The number of ether oxygens (including phenoxy) is 1. The van der Waals surface area contributed by atoms with Crippen molar-refractivity contribution < 1.29 is 14.3 Å². The second kappa shape index (κ2) is 8.67. The molecule has 7 heteroatoms. The average molecular weight is 395 g/mol. The van der Waals surface area contributed by atoms with E-state index in [1.807, 2.05) is 56.3 Å². The summed E-state index contributed by atoms with van der Waals surface area (Å²) in [6, 6.07) is 15.0. The predicted molar refractivity (Wildman–Crippen MR) is 112 cm³/mol. The van der Waals surface area contributed by atoms with Crippen LogP contribution >= 0.6 is 11.3 Å². The molecule has 0 radical (unpaired) electrons. The normalized spacial score (nSPS) is 10.4. The van der Waals surface area contributed by atoms with Crippen LogP contribution < -0.4 is 10.6 Å². The zero-order valence-corrected chi connectivity index (χ0v) is 16.7. The lowest BCUT2D eigenvalue weighted by Gasteiger charge is -2.07. The van der Waals surface area contributed by atoms with Crippen molar-refractivity contribution in [3.8, 4) is 11.3 Å². The third kappa shape index (κ3) is 4.55. The molecule has 2 N–H and O–H groups in total. The number of carbonyl (C=O) groups is 2. The molecule has 0 bridgehead atoms. The Hall–Kier alpha value is -3.19. The zero-order chi connectivity index (χ0) is 20.1. The summed E-state index contributed by atoms with van der Waals surface area (Å²) in [7, 11) is 0. The van der Waals surface area contributed by atoms with Crippen molar-refractivity contribution in [2.24, 2.45) is 0 Å². The van der Waals surface area contributed by atoms with Gasteiger partial charge < -0.3 is 10.1 Å². The Balaban J connectivity index is 1.91. The zero-order valence-electron chi connectivity index (χ0n) is 15.9. The fraction of sp³-hybridized carbons (Fsp3) is 0.190. The minimum Gasteiger partial charge on any atom is -0.450 e. The van der Waals surface area contributed by atoms with Crippen LogP contribution in [0.25, 0.3) is 11.3 Å². The van der Waals surface area contributed by atoms with Gasteiger partial charge in [0.15, 0.2) is 5.13 Å². The van der Waals surface area contributed by atoms with E-state index >= 15 is 0 Å². The summed E-state index contributed by atoms with van der Waals surface area (Å²) < 4.78 is 4.90. The molecule has 0 aliphatic rings. The highest BCUT2D eigenvalue weighted by atomic mass is 32.1. The highest BCUT2D eigenvalue weighted by Gasteiger charge is 2.18. The quantitative estimate of drug-likeness (QED) is 0.618. The van der Waals surface area contributed by atoms with E-state index in [4.69, 9.17) is 4.74 Å². The number of aromatic nitrogens is 1. The fourth-order valence-electron chi connectivity index (χ4n) is 2.56. The van der Waals surface area contributed by atoms with Gasteiger partial charge in [0.2, 0.25) is 0 Å². The second-order valence-corrected chi connectivity index (χ2v) is 7.16. The van der Waals surface area contributed by atoms with Gasteiger partial charge in [-0.25, -0.2) is 9.78 Å². The minimum absolute atomic E-state index is 0.230. The molecule has 1 aromatic heterocycles. The molecule has 0 aliphatic carbocycles. The number of rotatable bonds is 5. The Morgan fingerprint density at radius 2 is 1.79 bits per heavy atom. The SMILES string of the molecule is CCOC(=O)Nc1nc(-c2ccccc2)c(NC(=O)c2ccc(C)c(C)c2)s1. The average Bonchev–Trinajstić information content (AvgIpc) is 3.06. The van der Waals surface area contributed by atoms with E-state index in [2.05, 4.69) is 15.6 Å². The van der Waals surface area contributed by atoms with Gasteiger partial charge in [0.1, 0.15) is 10.7 Å². The Kier molecular flexibility index (Phi) is 6.06. The summed E-state index contributed by atoms with van der Waals surface area (Å²) >= 11 is 1.18. The molecule has 0 spiro atoms. The number of aryl methyl sites for hydroxylation is 2. The molecule has 2 aromatic carbocycles. The van der Waals surface area contributed by atoms with Gasteiger partial charge in [-0.1, -0.05) is 47.7 Å². The van der Waals surface area contributed by atoms with Crippen LogP contribution in [0.5, 0.6) is 0 Å². The summed E-state index contributed by atoms with van der Waals surface area (Å²) in [6.45, 7) is 5.96. The van der Waals surface area contributed by atoms with Crippen molar-refractivity contribution in [2.45, 2.75) is 20.8 Å². The summed E-state index contributed by atoms with van der Waals surface area (Å²) in [4.78, 5) is 29.0. The first-order valence-electron chi connectivity index (χ1n) is 8.86. The third-order valence-corrected chi connectivity index (χ3v) is 5.04. The lowest BCUT2D eigenvalue weighted by atomic mass is 10.1. The third-order valence-electron chi connectivity index (χ3n) is 4.15. The Labute approximate surface area is 167 Å². The first kappa shape index (κ1) is 19.6. The Morgan fingerprint density at radius 3 is 2.46 bits per heavy atom. The maximum absolute atomic E-state index is 12.8. The predicted octanol–water partition coefficient (Wildman–Crippen LogP) is 5.25. The highest BCUT2D eigenvalue weighted by Crippen LogP contribution is 2.36. The number of hydrogen-bond acceptors (Lipinski definition) is 5. The monoisotopic (exact) mass is 395 g/mol. The van der Waals surface area contributed by atoms with Crippen molar-refractivity contribution in [3.05, 3.63) is 65.2 Å². The summed E-state index contributed by atoms with van der Waals surface area (Å²) in [5, 5.41) is 6.43. The molecular weight excluding hydrogens is 374 g/mol. The smallest absolute Gasteiger partial charge is 0.413 e. The Morgan fingerprint density at radius 1 is 1.04 bits per heavy atom. The van der Waals surface area contributed by atoms with Crippen molar-refractivity contribution in [3.63, 3.8) is 0 Å². The van der Waals surface area contributed by atoms with Gasteiger partial charge in [-0.2, -0.15) is 0 Å². The van der Waals surface area contributed by atoms with Gasteiger partial charge in [-0.15, -0.1) is 0 Å². The molecule has 0 saturated carbocycles. The number of amides is 2. The lowest BCUT2D eigenvalue weighted by molar-refractivity contribution is 0.102. The summed E-state index contributed by atoms with van der Waals surface area (Å²) in [5.41, 5.74) is 4.17. The van der Waals surface area contributed by atoms with Crippen LogP contribution in [0.15, 0.2) is 48.5 Å². The molecule has 3 rings (SSSR count). The van der Waals surface area contributed by atoms with Crippen LogP contribution in [0.3, 0.4) is 0 Å². The van der Waals surface area contributed by atoms with E-state index in [0.717, 1.165) is 16.7 Å². The first-order chi connectivity index (χ1) is 13.5. The van der Waals surface area contributed by atoms with Crippen molar-refractivity contribution in [1.29, 1.82) is 0 Å². The topological polar surface area (TPSA) is 80.3 Å². The maximum Gasteiger partial charge on any atom is 0.413 e. The first-order valence-corrected chi connectivity index (χ1v) is 9.68. The van der Waals surface area contributed by atoms with E-state index in [9.17, 15) is 9.59 Å². The van der Waals surface area contributed by atoms with Gasteiger partial charge in [0.25, 0.3) is 5.91 Å². The molecule has 1 heterocycles. The molecule has 0 atom stereocenters. The largest absolute Gasteiger partial charge is 0.450 e.